The molecule has 0 rings (SSSR count). The molecule has 4 N–H and O–H groups in total. The molecule has 0 aromatic heterocycles. The van der Waals surface area contributed by atoms with Gasteiger partial charge in [0, 0.05) is 63.8 Å². The number of carbonyl (C=O) groups excluding carboxylic acids is 2. The standard InChI is InChI=1S/C4H10N2O3S2.C4H9NO4S2.C4H7NO4S.C2H4BrNO3.C2H5BrO.C2H5NO3S.C2H4OS.K/c5-1-3-10-11-4-2-9-6(7)8;6-1-3-10-11-4-2-9-5(7)8;1-4(6)10-3-2-9-5(7)8;3-1-2-7-4(5)6;3-1-2-4;4-3(5)6-1-2-7;1-2(3)4;/h1-5H2;6H,1-4H2;2-3H2,1H3;1-2H2;4H,1-2H2;7H,1-2H2;1H3,(H,3,4);/q;;;;;;;+1/p-1. The average Bonchev–Trinajstić information content (AvgIpc) is 3.08. The molecule has 0 amide bonds. The third-order valence-electron chi connectivity index (χ3n) is 2.50. The molecule has 0 aliphatic carbocycles. The molecule has 35 heteroatoms. The maximum absolute atomic E-state index is 10.2. The number of thiol groups is 1. The van der Waals surface area contributed by atoms with E-state index in [4.69, 9.17) is 15.9 Å². The van der Waals surface area contributed by atoms with Crippen molar-refractivity contribution in [2.45, 2.75) is 13.8 Å². The number of carbonyl (C=O) groups is 2. The molecule has 0 bridgehead atoms. The second kappa shape index (κ2) is 68.8. The number of halogens is 2. The molecule has 0 radical (unpaired) electrons. The van der Waals surface area contributed by atoms with Crippen LogP contribution < -0.4 is 57.1 Å². The smallest absolute Gasteiger partial charge is 0.742 e. The van der Waals surface area contributed by atoms with Crippen LogP contribution in [-0.2, 0) is 46.4 Å². The Labute approximate surface area is 406 Å². The van der Waals surface area contributed by atoms with Crippen molar-refractivity contribution in [3.05, 3.63) is 50.6 Å². The second-order valence-electron chi connectivity index (χ2n) is 6.74. The van der Waals surface area contributed by atoms with Gasteiger partial charge in [-0.15, -0.1) is 50.6 Å². The Hall–Kier alpha value is 0.136. The van der Waals surface area contributed by atoms with Crippen LogP contribution in [0.4, 0.5) is 0 Å². The van der Waals surface area contributed by atoms with Crippen molar-refractivity contribution in [2.24, 2.45) is 5.73 Å². The van der Waals surface area contributed by atoms with Crippen LogP contribution in [0, 0.1) is 50.6 Å². The number of nitrogens with zero attached hydrogens (tertiary/aromatic N) is 5. The van der Waals surface area contributed by atoms with E-state index in [9.17, 15) is 60.2 Å². The van der Waals surface area contributed by atoms with Crippen LogP contribution in [-0.4, -0.2) is 144 Å². The summed E-state index contributed by atoms with van der Waals surface area (Å²) in [5, 5.41) is 60.3. The van der Waals surface area contributed by atoms with Gasteiger partial charge < -0.3 is 57.6 Å². The summed E-state index contributed by atoms with van der Waals surface area (Å²) in [5.74, 6) is 3.39. The van der Waals surface area contributed by atoms with E-state index >= 15 is 0 Å². The molecule has 0 spiro atoms. The first kappa shape index (κ1) is 72.7. The molecular weight excluding hydrogens is 1050 g/mol. The van der Waals surface area contributed by atoms with Gasteiger partial charge in [0.05, 0.1) is 13.2 Å². The Bertz CT molecular complexity index is 848. The van der Waals surface area contributed by atoms with Crippen LogP contribution in [0.3, 0.4) is 0 Å². The van der Waals surface area contributed by atoms with Gasteiger partial charge in [0.15, 0.2) is 5.12 Å². The van der Waals surface area contributed by atoms with Crippen molar-refractivity contribution in [3.8, 4) is 0 Å². The molecular formula is C20H43Br2KN6O19S7. The number of hydrogen-bond donors (Lipinski definition) is 4. The summed E-state index contributed by atoms with van der Waals surface area (Å²) in [6.07, 6.45) is 0. The molecule has 0 aliphatic heterocycles. The summed E-state index contributed by atoms with van der Waals surface area (Å²) >= 11 is 14.6. The maximum Gasteiger partial charge on any atom is 1.00 e. The minimum absolute atomic E-state index is 0. The van der Waals surface area contributed by atoms with Gasteiger partial charge in [0.2, 0.25) is 0 Å². The number of rotatable bonds is 25. The summed E-state index contributed by atoms with van der Waals surface area (Å²) in [6, 6.07) is 0. The van der Waals surface area contributed by atoms with Crippen molar-refractivity contribution in [2.75, 3.05) is 98.0 Å². The van der Waals surface area contributed by atoms with E-state index in [-0.39, 0.29) is 108 Å². The van der Waals surface area contributed by atoms with Crippen LogP contribution in [0.2, 0.25) is 0 Å². The van der Waals surface area contributed by atoms with Gasteiger partial charge in [-0.05, 0) is 6.92 Å². The number of aliphatic hydroxyl groups is 2. The normalized spacial score (nSPS) is 8.51. The molecule has 0 fully saturated rings. The van der Waals surface area contributed by atoms with Crippen LogP contribution in [0.5, 0.6) is 0 Å². The topological polar surface area (TPSA) is 362 Å². The maximum atomic E-state index is 10.2. The molecule has 0 aromatic rings. The Morgan fingerprint density at radius 2 is 0.945 bits per heavy atom. The van der Waals surface area contributed by atoms with Crippen LogP contribution in [0.1, 0.15) is 13.8 Å². The molecule has 0 atom stereocenters. The summed E-state index contributed by atoms with van der Waals surface area (Å²) in [7, 11) is 6.04. The van der Waals surface area contributed by atoms with Crippen LogP contribution >= 0.6 is 99.4 Å². The third-order valence-corrected chi connectivity index (χ3v) is 8.89. The minimum atomic E-state index is -0.874. The second-order valence-corrected chi connectivity index (χ2v) is 16.0. The molecule has 0 saturated carbocycles. The fraction of sp³-hybridized carbons (Fsp3) is 0.900. The van der Waals surface area contributed by atoms with E-state index in [1.807, 2.05) is 0 Å². The zero-order valence-electron chi connectivity index (χ0n) is 29.6. The minimum Gasteiger partial charge on any atom is -0.742 e. The first-order chi connectivity index (χ1) is 25.4. The predicted molar refractivity (Wildman–Crippen MR) is 220 cm³/mol. The van der Waals surface area contributed by atoms with Crippen molar-refractivity contribution in [1.29, 1.82) is 0 Å². The number of nitrogens with two attached hydrogens (primary N) is 1. The Kier molecular flexibility index (Phi) is 91.0. The molecule has 324 valence electrons. The van der Waals surface area contributed by atoms with E-state index in [0.717, 1.165) is 17.5 Å². The SMILES string of the molecule is CC(=O)SCCO[N+](=O)[O-].CC(=O)[S-].NCCSSCCO[N+](=O)[O-].O=[N+]([O-])OCCBr.O=[N+]([O-])OCCS.O=[N+]([O-])OCCSSCCO.OCCBr.[K+]. The zero-order valence-corrected chi connectivity index (χ0v) is 41.7. The molecule has 0 saturated heterocycles. The van der Waals surface area contributed by atoms with Gasteiger partial charge in [-0.3, -0.25) is 4.79 Å². The van der Waals surface area contributed by atoms with Gasteiger partial charge >= 0.3 is 51.4 Å². The zero-order chi connectivity index (χ0) is 43.4. The number of alkyl halides is 2. The first-order valence-corrected chi connectivity index (χ1v) is 22.9. The molecule has 0 unspecified atom stereocenters. The fourth-order valence-corrected chi connectivity index (χ4v) is 5.07. The molecule has 0 heterocycles. The van der Waals surface area contributed by atoms with E-state index < -0.39 is 25.4 Å². The summed E-state index contributed by atoms with van der Waals surface area (Å²) < 4.78 is 0. The molecule has 55 heavy (non-hydrogen) atoms. The number of aliphatic hydroxyl groups excluding tert-OH is 2. The summed E-state index contributed by atoms with van der Waals surface area (Å²) in [4.78, 5) is 86.7. The van der Waals surface area contributed by atoms with Gasteiger partial charge in [0.1, 0.15) is 33.0 Å². The fourth-order valence-electron chi connectivity index (χ4n) is 1.13. The molecule has 0 aliphatic rings. The molecule has 0 aromatic carbocycles. The van der Waals surface area contributed by atoms with E-state index in [1.165, 1.54) is 46.2 Å². The summed E-state index contributed by atoms with van der Waals surface area (Å²) in [6.45, 7) is 4.15. The van der Waals surface area contributed by atoms with Crippen LogP contribution in [0.15, 0.2) is 0 Å². The number of thioether (sulfide) groups is 1. The Morgan fingerprint density at radius 1 is 0.636 bits per heavy atom. The Balaban J connectivity index is -0.0000000801. The largest absolute Gasteiger partial charge is 1.00 e. The van der Waals surface area contributed by atoms with Crippen molar-refractivity contribution in [1.82, 2.24) is 0 Å². The first-order valence-electron chi connectivity index (χ1n) is 13.7. The van der Waals surface area contributed by atoms with Crippen molar-refractivity contribution >= 4 is 122 Å². The quantitative estimate of drug-likeness (QED) is 0.0134. The van der Waals surface area contributed by atoms with Gasteiger partial charge in [-0.2, -0.15) is 12.6 Å². The predicted octanol–water partition coefficient (Wildman–Crippen LogP) is -0.251. The third kappa shape index (κ3) is 142. The summed E-state index contributed by atoms with van der Waals surface area (Å²) in [5.41, 5.74) is 5.22. The van der Waals surface area contributed by atoms with Gasteiger partial charge in [0.25, 0.3) is 25.4 Å². The van der Waals surface area contributed by atoms with E-state index in [2.05, 4.69) is 81.3 Å². The van der Waals surface area contributed by atoms with E-state index in [0.29, 0.717) is 46.0 Å². The van der Waals surface area contributed by atoms with Gasteiger partial charge in [-0.1, -0.05) is 86.8 Å². The molecule has 25 nitrogen and oxygen atoms in total. The van der Waals surface area contributed by atoms with E-state index in [1.54, 1.807) is 10.8 Å². The monoisotopic (exact) mass is 1090 g/mol. The van der Waals surface area contributed by atoms with Crippen LogP contribution in [0.25, 0.3) is 0 Å². The van der Waals surface area contributed by atoms with Crippen molar-refractivity contribution in [3.63, 3.8) is 0 Å². The average molecular weight is 1090 g/mol. The Morgan fingerprint density at radius 3 is 1.18 bits per heavy atom. The van der Waals surface area contributed by atoms with Crippen molar-refractivity contribution < 1.29 is 121 Å². The number of hydrogen-bond acceptors (Lipinski definition) is 27. The van der Waals surface area contributed by atoms with Gasteiger partial charge in [-0.25, -0.2) is 0 Å².